The zero-order chi connectivity index (χ0) is 16.7. The van der Waals surface area contributed by atoms with Gasteiger partial charge in [-0.15, -0.1) is 0 Å². The zero-order valence-corrected chi connectivity index (χ0v) is 13.7. The van der Waals surface area contributed by atoms with Gasteiger partial charge in [-0.05, 0) is 48.4 Å². The van der Waals surface area contributed by atoms with Crippen molar-refractivity contribution in [3.05, 3.63) is 69.7 Å². The Morgan fingerprint density at radius 2 is 1.74 bits per heavy atom. The maximum absolute atomic E-state index is 11.7. The van der Waals surface area contributed by atoms with Crippen molar-refractivity contribution in [1.82, 2.24) is 5.32 Å². The Morgan fingerprint density at radius 3 is 2.43 bits per heavy atom. The van der Waals surface area contributed by atoms with E-state index in [1.54, 1.807) is 30.3 Å². The Hall–Kier alpha value is -2.04. The Balaban J connectivity index is 1.70. The summed E-state index contributed by atoms with van der Waals surface area (Å²) in [5.74, 6) is -0.916. The number of amides is 1. The van der Waals surface area contributed by atoms with Crippen LogP contribution in [-0.4, -0.2) is 25.0 Å². The molecular weight excluding hydrogens is 337 g/mol. The van der Waals surface area contributed by atoms with E-state index in [-0.39, 0.29) is 12.5 Å². The third-order valence-corrected chi connectivity index (χ3v) is 3.53. The minimum Gasteiger partial charge on any atom is -0.452 e. The molecule has 0 aliphatic carbocycles. The first kappa shape index (κ1) is 17.3. The summed E-state index contributed by atoms with van der Waals surface area (Å²) >= 11 is 11.6. The van der Waals surface area contributed by atoms with Crippen molar-refractivity contribution < 1.29 is 14.3 Å². The van der Waals surface area contributed by atoms with Crippen LogP contribution in [0.4, 0.5) is 0 Å². The summed E-state index contributed by atoms with van der Waals surface area (Å²) in [6.45, 7) is 0.120. The summed E-state index contributed by atoms with van der Waals surface area (Å²) in [4.78, 5) is 23.4. The lowest BCUT2D eigenvalue weighted by molar-refractivity contribution is -0.124. The molecule has 2 aromatic carbocycles. The third kappa shape index (κ3) is 5.93. The topological polar surface area (TPSA) is 55.4 Å². The fraction of sp³-hybridized carbons (Fsp3) is 0.176. The smallest absolute Gasteiger partial charge is 0.338 e. The molecule has 4 nitrogen and oxygen atoms in total. The van der Waals surface area contributed by atoms with Crippen molar-refractivity contribution in [1.29, 1.82) is 0 Å². The molecule has 0 heterocycles. The normalized spacial score (nSPS) is 10.2. The molecule has 0 aliphatic heterocycles. The second-order valence-corrected chi connectivity index (χ2v) is 5.69. The molecular formula is C17H15Cl2NO3. The number of esters is 1. The van der Waals surface area contributed by atoms with Gasteiger partial charge < -0.3 is 10.1 Å². The molecule has 0 atom stereocenters. The monoisotopic (exact) mass is 351 g/mol. The summed E-state index contributed by atoms with van der Waals surface area (Å²) in [5, 5.41) is 3.87. The first-order valence-electron chi connectivity index (χ1n) is 6.98. The second kappa shape index (κ2) is 8.56. The fourth-order valence-corrected chi connectivity index (χ4v) is 2.23. The Labute approximate surface area is 144 Å². The fourth-order valence-electron chi connectivity index (χ4n) is 1.89. The molecule has 1 N–H and O–H groups in total. The van der Waals surface area contributed by atoms with Gasteiger partial charge in [-0.2, -0.15) is 0 Å². The van der Waals surface area contributed by atoms with Gasteiger partial charge in [-0.25, -0.2) is 4.79 Å². The van der Waals surface area contributed by atoms with Crippen LogP contribution >= 0.6 is 23.2 Å². The molecule has 0 unspecified atom stereocenters. The summed E-state index contributed by atoms with van der Waals surface area (Å²) in [5.41, 5.74) is 1.37. The van der Waals surface area contributed by atoms with Gasteiger partial charge >= 0.3 is 5.97 Å². The highest BCUT2D eigenvalue weighted by molar-refractivity contribution is 6.30. The van der Waals surface area contributed by atoms with Crippen molar-refractivity contribution >= 4 is 35.1 Å². The number of halogens is 2. The highest BCUT2D eigenvalue weighted by Crippen LogP contribution is 2.11. The molecule has 0 aliphatic rings. The minimum atomic E-state index is -0.563. The van der Waals surface area contributed by atoms with E-state index in [1.165, 1.54) is 0 Å². The van der Waals surface area contributed by atoms with E-state index in [0.717, 1.165) is 5.56 Å². The number of benzene rings is 2. The van der Waals surface area contributed by atoms with E-state index in [2.05, 4.69) is 5.32 Å². The SMILES string of the molecule is O=C(COC(=O)c1ccc(Cl)cc1)NCCc1cccc(Cl)c1. The van der Waals surface area contributed by atoms with Gasteiger partial charge in [-0.1, -0.05) is 35.3 Å². The van der Waals surface area contributed by atoms with Crippen molar-refractivity contribution in [2.75, 3.05) is 13.2 Å². The molecule has 0 aromatic heterocycles. The molecule has 0 radical (unpaired) electrons. The minimum absolute atomic E-state index is 0.322. The summed E-state index contributed by atoms with van der Waals surface area (Å²) in [6.07, 6.45) is 0.650. The van der Waals surface area contributed by atoms with Crippen molar-refractivity contribution in [3.63, 3.8) is 0 Å². The Kier molecular flexibility index (Phi) is 6.44. The Morgan fingerprint density at radius 1 is 1.00 bits per heavy atom. The maximum atomic E-state index is 11.7. The second-order valence-electron chi connectivity index (χ2n) is 4.81. The first-order valence-corrected chi connectivity index (χ1v) is 7.74. The van der Waals surface area contributed by atoms with Crippen LogP contribution in [0.3, 0.4) is 0 Å². The molecule has 0 saturated heterocycles. The van der Waals surface area contributed by atoms with Crippen LogP contribution in [0, 0.1) is 0 Å². The van der Waals surface area contributed by atoms with Crippen LogP contribution in [0.2, 0.25) is 10.0 Å². The number of nitrogens with one attached hydrogen (secondary N) is 1. The van der Waals surface area contributed by atoms with Crippen LogP contribution in [-0.2, 0) is 16.0 Å². The van der Waals surface area contributed by atoms with E-state index < -0.39 is 5.97 Å². The van der Waals surface area contributed by atoms with Crippen LogP contribution in [0.25, 0.3) is 0 Å². The van der Waals surface area contributed by atoms with Crippen LogP contribution in [0.5, 0.6) is 0 Å². The van der Waals surface area contributed by atoms with Crippen LogP contribution in [0.1, 0.15) is 15.9 Å². The molecule has 0 saturated carbocycles. The summed E-state index contributed by atoms with van der Waals surface area (Å²) in [7, 11) is 0. The summed E-state index contributed by atoms with van der Waals surface area (Å²) in [6, 6.07) is 13.7. The molecule has 0 spiro atoms. The molecule has 23 heavy (non-hydrogen) atoms. The van der Waals surface area contributed by atoms with E-state index in [4.69, 9.17) is 27.9 Å². The van der Waals surface area contributed by atoms with Crippen LogP contribution < -0.4 is 5.32 Å². The average Bonchev–Trinajstić information content (AvgIpc) is 2.53. The molecule has 2 aromatic rings. The van der Waals surface area contributed by atoms with Crippen molar-refractivity contribution in [2.45, 2.75) is 6.42 Å². The number of carbonyl (C=O) groups is 2. The van der Waals surface area contributed by atoms with Gasteiger partial charge in [0.15, 0.2) is 6.61 Å². The lowest BCUT2D eigenvalue weighted by Crippen LogP contribution is -2.30. The number of hydrogen-bond acceptors (Lipinski definition) is 3. The van der Waals surface area contributed by atoms with E-state index in [1.807, 2.05) is 18.2 Å². The summed E-state index contributed by atoms with van der Waals surface area (Å²) < 4.78 is 4.94. The molecule has 1 amide bonds. The molecule has 120 valence electrons. The van der Waals surface area contributed by atoms with E-state index in [0.29, 0.717) is 28.6 Å². The highest BCUT2D eigenvalue weighted by Gasteiger charge is 2.09. The molecule has 0 bridgehead atoms. The predicted molar refractivity (Wildman–Crippen MR) is 89.9 cm³/mol. The first-order chi connectivity index (χ1) is 11.0. The molecule has 2 rings (SSSR count). The number of hydrogen-bond donors (Lipinski definition) is 1. The largest absolute Gasteiger partial charge is 0.452 e. The predicted octanol–water partition coefficient (Wildman–Crippen LogP) is 3.51. The van der Waals surface area contributed by atoms with Crippen molar-refractivity contribution in [3.8, 4) is 0 Å². The van der Waals surface area contributed by atoms with Gasteiger partial charge in [0, 0.05) is 16.6 Å². The lowest BCUT2D eigenvalue weighted by Gasteiger charge is -2.07. The van der Waals surface area contributed by atoms with Crippen molar-refractivity contribution in [2.24, 2.45) is 0 Å². The number of ether oxygens (including phenoxy) is 1. The van der Waals surface area contributed by atoms with Gasteiger partial charge in [0.1, 0.15) is 0 Å². The standard InChI is InChI=1S/C17H15Cl2NO3/c18-14-6-4-13(5-7-14)17(22)23-11-16(21)20-9-8-12-2-1-3-15(19)10-12/h1-7,10H,8-9,11H2,(H,20,21). The number of carbonyl (C=O) groups excluding carboxylic acids is 2. The molecule has 6 heteroatoms. The zero-order valence-electron chi connectivity index (χ0n) is 12.2. The van der Waals surface area contributed by atoms with Gasteiger partial charge in [0.25, 0.3) is 5.91 Å². The van der Waals surface area contributed by atoms with E-state index in [9.17, 15) is 9.59 Å². The van der Waals surface area contributed by atoms with Gasteiger partial charge in [0.05, 0.1) is 5.56 Å². The average molecular weight is 352 g/mol. The van der Waals surface area contributed by atoms with Gasteiger partial charge in [-0.3, -0.25) is 4.79 Å². The maximum Gasteiger partial charge on any atom is 0.338 e. The highest BCUT2D eigenvalue weighted by atomic mass is 35.5. The molecule has 0 fully saturated rings. The lowest BCUT2D eigenvalue weighted by atomic mass is 10.1. The quantitative estimate of drug-likeness (QED) is 0.810. The third-order valence-electron chi connectivity index (χ3n) is 3.04. The van der Waals surface area contributed by atoms with Gasteiger partial charge in [0.2, 0.25) is 0 Å². The Bertz CT molecular complexity index is 686. The van der Waals surface area contributed by atoms with Crippen LogP contribution in [0.15, 0.2) is 48.5 Å². The van der Waals surface area contributed by atoms with E-state index >= 15 is 0 Å². The number of rotatable bonds is 6.